The molecule has 1 heterocycles. The maximum absolute atomic E-state index is 14.3. The Morgan fingerprint density at radius 2 is 1.39 bits per heavy atom. The van der Waals surface area contributed by atoms with Crippen LogP contribution in [0.5, 0.6) is 11.5 Å². The van der Waals surface area contributed by atoms with Crippen molar-refractivity contribution < 1.29 is 85.9 Å². The number of hydrogen-bond acceptors (Lipinski definition) is 10. The van der Waals surface area contributed by atoms with Crippen LogP contribution in [0.15, 0.2) is 46.9 Å². The number of fused-ring (bicyclic) bond motifs is 1. The van der Waals surface area contributed by atoms with E-state index in [0.29, 0.717) is 18.4 Å². The van der Waals surface area contributed by atoms with Crippen LogP contribution in [0, 0.1) is 5.41 Å². The molecule has 0 aliphatic carbocycles. The van der Waals surface area contributed by atoms with Gasteiger partial charge in [-0.15, -0.1) is 30.7 Å². The van der Waals surface area contributed by atoms with Gasteiger partial charge < -0.3 is 30.1 Å². The first-order chi connectivity index (χ1) is 25.4. The zero-order chi connectivity index (χ0) is 42.5. The summed E-state index contributed by atoms with van der Waals surface area (Å²) in [5.41, 5.74) is 9.43. The van der Waals surface area contributed by atoms with Crippen LogP contribution in [0.1, 0.15) is 65.9 Å². The Morgan fingerprint density at radius 3 is 1.96 bits per heavy atom. The summed E-state index contributed by atoms with van der Waals surface area (Å²) in [5, 5.41) is 0.233. The van der Waals surface area contributed by atoms with E-state index in [0.717, 1.165) is 25.0 Å². The highest BCUT2D eigenvalue weighted by Gasteiger charge is 2.57. The predicted molar refractivity (Wildman–Crippen MR) is 176 cm³/mol. The third-order valence-electron chi connectivity index (χ3n) is 7.85. The summed E-state index contributed by atoms with van der Waals surface area (Å²) in [6, 6.07) is 7.56. The Bertz CT molecular complexity index is 1780. The van der Waals surface area contributed by atoms with E-state index in [2.05, 4.69) is 23.7 Å². The lowest BCUT2D eigenvalue weighted by Gasteiger charge is -2.34. The van der Waals surface area contributed by atoms with Crippen molar-refractivity contribution >= 4 is 16.9 Å². The van der Waals surface area contributed by atoms with Crippen LogP contribution >= 0.6 is 0 Å². The summed E-state index contributed by atoms with van der Waals surface area (Å²) in [5.74, 6) is -2.62. The van der Waals surface area contributed by atoms with Gasteiger partial charge in [-0.05, 0) is 82.9 Å². The van der Waals surface area contributed by atoms with Crippen LogP contribution in [-0.4, -0.2) is 61.9 Å². The van der Waals surface area contributed by atoms with Crippen molar-refractivity contribution in [2.45, 2.75) is 109 Å². The highest BCUT2D eigenvalue weighted by atomic mass is 19.4. The molecule has 3 rings (SSSR count). The lowest BCUT2D eigenvalue weighted by atomic mass is 9.79. The second kappa shape index (κ2) is 17.3. The molecule has 0 bridgehead atoms. The third-order valence-corrected chi connectivity index (χ3v) is 7.85. The number of furan rings is 1. The molecule has 0 aliphatic heterocycles. The molecule has 0 saturated carbocycles. The van der Waals surface area contributed by atoms with E-state index in [1.807, 2.05) is 6.92 Å². The molecule has 1 atom stereocenters. The minimum Gasteiger partial charge on any atom is -0.484 e. The molecule has 10 nitrogen and oxygen atoms in total. The van der Waals surface area contributed by atoms with Crippen molar-refractivity contribution in [2.75, 3.05) is 13.2 Å². The van der Waals surface area contributed by atoms with Gasteiger partial charge in [-0.1, -0.05) is 25.8 Å². The van der Waals surface area contributed by atoms with E-state index in [1.165, 1.54) is 38.1 Å². The molecule has 0 amide bonds. The van der Waals surface area contributed by atoms with Crippen molar-refractivity contribution in [1.82, 2.24) is 0 Å². The fourth-order valence-corrected chi connectivity index (χ4v) is 5.01. The first-order valence-electron chi connectivity index (χ1n) is 16.8. The van der Waals surface area contributed by atoms with Crippen LogP contribution in [0.3, 0.4) is 0 Å². The fourth-order valence-electron chi connectivity index (χ4n) is 5.01. The van der Waals surface area contributed by atoms with Gasteiger partial charge in [0.15, 0.2) is 13.2 Å². The van der Waals surface area contributed by atoms with Gasteiger partial charge in [-0.2, -0.15) is 17.6 Å². The molecular weight excluding hydrogens is 785 g/mol. The molecule has 0 fully saturated rings. The van der Waals surface area contributed by atoms with Crippen LogP contribution < -0.4 is 20.9 Å². The van der Waals surface area contributed by atoms with Crippen LogP contribution in [0.25, 0.3) is 22.3 Å². The molecule has 1 aromatic heterocycles. The molecule has 1 unspecified atom stereocenters. The van der Waals surface area contributed by atoms with Crippen LogP contribution in [-0.2, 0) is 30.2 Å². The molecule has 4 N–H and O–H groups in total. The Kier molecular flexibility index (Phi) is 14.3. The largest absolute Gasteiger partial charge is 0.573 e. The second-order valence-electron chi connectivity index (χ2n) is 14.0. The molecule has 316 valence electrons. The maximum Gasteiger partial charge on any atom is 0.573 e. The monoisotopic (exact) mass is 826 g/mol. The molecule has 3 aromatic rings. The van der Waals surface area contributed by atoms with Crippen molar-refractivity contribution in [3.8, 4) is 22.8 Å². The lowest BCUT2D eigenvalue weighted by molar-refractivity contribution is -0.574. The molecule has 0 aliphatic rings. The minimum absolute atomic E-state index is 0.0126. The van der Waals surface area contributed by atoms with Crippen molar-refractivity contribution in [2.24, 2.45) is 16.9 Å². The molecule has 0 spiro atoms. The molecule has 21 heteroatoms. The number of carbonyl (C=O) groups is 1. The van der Waals surface area contributed by atoms with E-state index in [4.69, 9.17) is 20.6 Å². The van der Waals surface area contributed by atoms with Gasteiger partial charge in [0.2, 0.25) is 0 Å². The molecule has 2 aromatic carbocycles. The van der Waals surface area contributed by atoms with E-state index in [1.54, 1.807) is 19.9 Å². The van der Waals surface area contributed by atoms with Crippen molar-refractivity contribution in [1.29, 1.82) is 0 Å². The van der Waals surface area contributed by atoms with Gasteiger partial charge in [-0.25, -0.2) is 14.2 Å². The summed E-state index contributed by atoms with van der Waals surface area (Å²) in [6.45, 7) is 3.08. The van der Waals surface area contributed by atoms with Crippen molar-refractivity contribution in [3.63, 3.8) is 0 Å². The lowest BCUT2D eigenvalue weighted by Crippen LogP contribution is -2.51. The second-order valence-corrected chi connectivity index (χ2v) is 14.0. The first kappa shape index (κ1) is 46.5. The molecule has 0 radical (unpaired) electrons. The molecule has 0 saturated heterocycles. The van der Waals surface area contributed by atoms with Gasteiger partial charge in [0.05, 0.1) is 11.0 Å². The predicted octanol–water partition coefficient (Wildman–Crippen LogP) is 9.47. The average Bonchev–Trinajstić information content (AvgIpc) is 3.43. The number of esters is 1. The normalized spacial score (nSPS) is 14.2. The van der Waals surface area contributed by atoms with Gasteiger partial charge in [0, 0.05) is 23.0 Å². The summed E-state index contributed by atoms with van der Waals surface area (Å²) in [6.07, 6.45) is -24.5. The van der Waals surface area contributed by atoms with E-state index in [-0.39, 0.29) is 28.7 Å². The summed E-state index contributed by atoms with van der Waals surface area (Å²) >= 11 is 0. The number of hydrogen-bond donors (Lipinski definition) is 2. The van der Waals surface area contributed by atoms with Crippen LogP contribution in [0.2, 0.25) is 0 Å². The minimum atomic E-state index is -6.01. The number of rotatable bonds is 21. The highest BCUT2D eigenvalue weighted by Crippen LogP contribution is 2.40. The number of nitrogens with two attached hydrogens (primary N) is 2. The Balaban J connectivity index is 1.64. The summed E-state index contributed by atoms with van der Waals surface area (Å²) in [4.78, 5) is 12.3. The number of carbonyl (C=O) groups excluding carboxylic acids is 1. The Labute approximate surface area is 313 Å². The van der Waals surface area contributed by atoms with E-state index >= 15 is 0 Å². The zero-order valence-corrected chi connectivity index (χ0v) is 30.6. The number of aryl methyl sites for hydroxylation is 1. The summed E-state index contributed by atoms with van der Waals surface area (Å²) in [7, 11) is 0. The van der Waals surface area contributed by atoms with E-state index < -0.39 is 78.8 Å². The molecule has 56 heavy (non-hydrogen) atoms. The Morgan fingerprint density at radius 1 is 0.786 bits per heavy atom. The number of benzene rings is 2. The smallest absolute Gasteiger partial charge is 0.484 e. The van der Waals surface area contributed by atoms with E-state index in [9.17, 15) is 53.1 Å². The van der Waals surface area contributed by atoms with Gasteiger partial charge in [0.25, 0.3) is 0 Å². The standard InChI is InChI=1S/C35H41F11N2O8/c1-6-7-8-9-20-10-13-23(26(14-20)53-33(40,41)42)25-15-21-11-12-22(16-24(21)52-25)50-18-31(36,37)54-34(43,44)56-35(45,46)55-32(38,39)19-51-28(49)30(4,5)27(47)17-29(2,3)48/h10-16,27H,6-9,17-19,47-48H2,1-5H3. The number of ether oxygens (including phenoxy) is 6. The number of alkyl halides is 11. The Hall–Kier alpha value is -3.92. The van der Waals surface area contributed by atoms with Gasteiger partial charge in [0.1, 0.15) is 22.8 Å². The van der Waals surface area contributed by atoms with Crippen LogP contribution in [0.4, 0.5) is 48.3 Å². The SMILES string of the molecule is CCCCCc1ccc(-c2cc3ccc(OCC(F)(F)OC(F)(F)OC(F)(F)OC(F)(F)COC(=O)C(C)(C)C(N)CC(C)(C)N)cc3o2)c(OC(F)(F)F)c1. The van der Waals surface area contributed by atoms with Gasteiger partial charge >= 0.3 is 37.1 Å². The van der Waals surface area contributed by atoms with Crippen molar-refractivity contribution in [3.05, 3.63) is 48.0 Å². The molecular formula is C35H41F11N2O8. The first-order valence-corrected chi connectivity index (χ1v) is 16.8. The number of halogens is 11. The maximum atomic E-state index is 14.3. The zero-order valence-electron chi connectivity index (χ0n) is 30.6. The number of unbranched alkanes of at least 4 members (excludes halogenated alkanes) is 2. The highest BCUT2D eigenvalue weighted by molar-refractivity contribution is 5.85. The van der Waals surface area contributed by atoms with Gasteiger partial charge in [-0.3, -0.25) is 4.79 Å². The summed E-state index contributed by atoms with van der Waals surface area (Å²) < 4.78 is 180. The average molecular weight is 827 g/mol. The topological polar surface area (TPSA) is 138 Å². The third kappa shape index (κ3) is 14.5. The quantitative estimate of drug-likeness (QED) is 0.0463. The fraction of sp³-hybridized carbons (Fsp3) is 0.571.